The Labute approximate surface area is 147 Å². The number of nitrogens with zero attached hydrogens (tertiary/aromatic N) is 3. The van der Waals surface area contributed by atoms with Crippen molar-refractivity contribution in [2.45, 2.75) is 13.1 Å². The SMILES string of the molecule is O=C(CN1Cc2ccccc2C1)N1CCN(C(=O)c2ccc[nH]2)CC1. The third kappa shape index (κ3) is 3.30. The van der Waals surface area contributed by atoms with Crippen molar-refractivity contribution >= 4 is 11.8 Å². The van der Waals surface area contributed by atoms with Gasteiger partial charge < -0.3 is 14.8 Å². The Morgan fingerprint density at radius 1 is 0.880 bits per heavy atom. The molecule has 1 N–H and O–H groups in total. The maximum Gasteiger partial charge on any atom is 0.270 e. The van der Waals surface area contributed by atoms with Gasteiger partial charge in [-0.05, 0) is 23.3 Å². The predicted molar refractivity (Wildman–Crippen MR) is 93.8 cm³/mol. The number of aromatic nitrogens is 1. The van der Waals surface area contributed by atoms with E-state index in [4.69, 9.17) is 0 Å². The first-order chi connectivity index (χ1) is 12.2. The molecule has 1 aromatic carbocycles. The maximum atomic E-state index is 12.6. The molecule has 1 aromatic heterocycles. The smallest absolute Gasteiger partial charge is 0.270 e. The number of rotatable bonds is 3. The topological polar surface area (TPSA) is 59.7 Å². The van der Waals surface area contributed by atoms with E-state index in [1.807, 2.05) is 23.1 Å². The summed E-state index contributed by atoms with van der Waals surface area (Å²) in [5.74, 6) is 0.159. The molecule has 6 heteroatoms. The summed E-state index contributed by atoms with van der Waals surface area (Å²) in [5.41, 5.74) is 3.24. The van der Waals surface area contributed by atoms with Gasteiger partial charge in [0.05, 0.1) is 6.54 Å². The van der Waals surface area contributed by atoms with Crippen LogP contribution in [-0.2, 0) is 17.9 Å². The zero-order chi connectivity index (χ0) is 17.2. The molecule has 2 aliphatic rings. The number of carbonyl (C=O) groups excluding carboxylic acids is 2. The number of amides is 2. The lowest BCUT2D eigenvalue weighted by molar-refractivity contribution is -0.134. The lowest BCUT2D eigenvalue weighted by Gasteiger charge is -2.35. The van der Waals surface area contributed by atoms with Crippen LogP contribution in [0.1, 0.15) is 21.6 Å². The number of H-pyrrole nitrogens is 1. The number of hydrogen-bond acceptors (Lipinski definition) is 3. The fourth-order valence-corrected chi connectivity index (χ4v) is 3.60. The number of aromatic amines is 1. The molecule has 6 nitrogen and oxygen atoms in total. The second-order valence-electron chi connectivity index (χ2n) is 6.67. The van der Waals surface area contributed by atoms with E-state index in [9.17, 15) is 9.59 Å². The zero-order valence-corrected chi connectivity index (χ0v) is 14.1. The van der Waals surface area contributed by atoms with E-state index in [0.717, 1.165) is 13.1 Å². The standard InChI is InChI=1S/C19H22N4O2/c24-18(14-21-12-15-4-1-2-5-16(15)13-21)22-8-10-23(11-9-22)19(25)17-6-3-7-20-17/h1-7,20H,8-14H2. The number of fused-ring (bicyclic) bond motifs is 1. The van der Waals surface area contributed by atoms with E-state index in [1.165, 1.54) is 11.1 Å². The summed E-state index contributed by atoms with van der Waals surface area (Å²) in [4.78, 5) is 33.7. The summed E-state index contributed by atoms with van der Waals surface area (Å²) in [6, 6.07) is 12.0. The fourth-order valence-electron chi connectivity index (χ4n) is 3.60. The van der Waals surface area contributed by atoms with E-state index in [0.29, 0.717) is 38.4 Å². The number of piperazine rings is 1. The fraction of sp³-hybridized carbons (Fsp3) is 0.368. The summed E-state index contributed by atoms with van der Waals surface area (Å²) in [6.45, 7) is 4.51. The average molecular weight is 338 g/mol. The average Bonchev–Trinajstić information content (AvgIpc) is 3.30. The zero-order valence-electron chi connectivity index (χ0n) is 14.1. The Morgan fingerprint density at radius 2 is 1.52 bits per heavy atom. The molecule has 0 unspecified atom stereocenters. The molecule has 1 fully saturated rings. The van der Waals surface area contributed by atoms with Crippen LogP contribution in [0, 0.1) is 0 Å². The highest BCUT2D eigenvalue weighted by molar-refractivity contribution is 5.92. The molecule has 2 aliphatic heterocycles. The minimum Gasteiger partial charge on any atom is -0.357 e. The van der Waals surface area contributed by atoms with E-state index in [-0.39, 0.29) is 11.8 Å². The van der Waals surface area contributed by atoms with Gasteiger partial charge in [0.25, 0.3) is 5.91 Å². The molecule has 0 radical (unpaired) electrons. The van der Waals surface area contributed by atoms with Crippen molar-refractivity contribution in [2.75, 3.05) is 32.7 Å². The van der Waals surface area contributed by atoms with E-state index in [2.05, 4.69) is 22.0 Å². The Balaban J connectivity index is 1.28. The quantitative estimate of drug-likeness (QED) is 0.918. The normalized spacial score (nSPS) is 17.6. The Hall–Kier alpha value is -2.60. The van der Waals surface area contributed by atoms with E-state index < -0.39 is 0 Å². The summed E-state index contributed by atoms with van der Waals surface area (Å²) >= 11 is 0. The van der Waals surface area contributed by atoms with Crippen LogP contribution in [0.2, 0.25) is 0 Å². The second kappa shape index (κ2) is 6.72. The first-order valence-electron chi connectivity index (χ1n) is 8.70. The lowest BCUT2D eigenvalue weighted by Crippen LogP contribution is -2.52. The van der Waals surface area contributed by atoms with Crippen LogP contribution in [0.25, 0.3) is 0 Å². The van der Waals surface area contributed by atoms with Gasteiger partial charge in [0, 0.05) is 45.5 Å². The molecule has 2 amide bonds. The van der Waals surface area contributed by atoms with Crippen molar-refractivity contribution in [3.05, 3.63) is 59.4 Å². The van der Waals surface area contributed by atoms with Gasteiger partial charge in [-0.25, -0.2) is 0 Å². The highest BCUT2D eigenvalue weighted by Crippen LogP contribution is 2.22. The molecule has 1 saturated heterocycles. The summed E-state index contributed by atoms with van der Waals surface area (Å²) in [5, 5.41) is 0. The molecule has 2 aromatic rings. The monoisotopic (exact) mass is 338 g/mol. The number of nitrogens with one attached hydrogen (secondary N) is 1. The molecule has 25 heavy (non-hydrogen) atoms. The summed E-state index contributed by atoms with van der Waals surface area (Å²) < 4.78 is 0. The molecular weight excluding hydrogens is 316 g/mol. The number of carbonyl (C=O) groups is 2. The highest BCUT2D eigenvalue weighted by atomic mass is 16.2. The minimum absolute atomic E-state index is 0.00657. The molecule has 0 bridgehead atoms. The Bertz CT molecular complexity index is 738. The summed E-state index contributed by atoms with van der Waals surface area (Å²) in [7, 11) is 0. The molecule has 0 atom stereocenters. The Morgan fingerprint density at radius 3 is 2.12 bits per heavy atom. The van der Waals surface area contributed by atoms with E-state index >= 15 is 0 Å². The largest absolute Gasteiger partial charge is 0.357 e. The van der Waals surface area contributed by atoms with Crippen LogP contribution in [0.15, 0.2) is 42.6 Å². The van der Waals surface area contributed by atoms with Crippen LogP contribution >= 0.6 is 0 Å². The van der Waals surface area contributed by atoms with E-state index in [1.54, 1.807) is 17.2 Å². The second-order valence-corrected chi connectivity index (χ2v) is 6.67. The molecule has 0 spiro atoms. The first kappa shape index (κ1) is 15.9. The van der Waals surface area contributed by atoms with Gasteiger partial charge in [0.2, 0.25) is 5.91 Å². The van der Waals surface area contributed by atoms with Gasteiger partial charge in [-0.1, -0.05) is 24.3 Å². The van der Waals surface area contributed by atoms with Crippen LogP contribution in [0.3, 0.4) is 0 Å². The van der Waals surface area contributed by atoms with Crippen LogP contribution in [0.5, 0.6) is 0 Å². The molecule has 4 rings (SSSR count). The predicted octanol–water partition coefficient (Wildman–Crippen LogP) is 1.31. The van der Waals surface area contributed by atoms with Gasteiger partial charge >= 0.3 is 0 Å². The third-order valence-corrected chi connectivity index (χ3v) is 5.01. The lowest BCUT2D eigenvalue weighted by atomic mass is 10.1. The number of hydrogen-bond donors (Lipinski definition) is 1. The van der Waals surface area contributed by atoms with Gasteiger partial charge in [0.15, 0.2) is 0 Å². The van der Waals surface area contributed by atoms with Crippen molar-refractivity contribution in [2.24, 2.45) is 0 Å². The van der Waals surface area contributed by atoms with Gasteiger partial charge in [-0.3, -0.25) is 14.5 Å². The summed E-state index contributed by atoms with van der Waals surface area (Å²) in [6.07, 6.45) is 1.75. The molecular formula is C19H22N4O2. The van der Waals surface area contributed by atoms with Crippen molar-refractivity contribution in [3.63, 3.8) is 0 Å². The molecule has 130 valence electrons. The maximum absolute atomic E-state index is 12.6. The van der Waals surface area contributed by atoms with Crippen LogP contribution < -0.4 is 0 Å². The molecule has 3 heterocycles. The highest BCUT2D eigenvalue weighted by Gasteiger charge is 2.27. The van der Waals surface area contributed by atoms with Crippen molar-refractivity contribution in [1.29, 1.82) is 0 Å². The van der Waals surface area contributed by atoms with Crippen LogP contribution in [0.4, 0.5) is 0 Å². The molecule has 0 aliphatic carbocycles. The Kier molecular flexibility index (Phi) is 4.28. The van der Waals surface area contributed by atoms with Gasteiger partial charge in [-0.15, -0.1) is 0 Å². The van der Waals surface area contributed by atoms with Crippen molar-refractivity contribution < 1.29 is 9.59 Å². The van der Waals surface area contributed by atoms with Crippen LogP contribution in [-0.4, -0.2) is 64.2 Å². The molecule has 0 saturated carbocycles. The minimum atomic E-state index is 0.00657. The van der Waals surface area contributed by atoms with Crippen molar-refractivity contribution in [3.8, 4) is 0 Å². The third-order valence-electron chi connectivity index (χ3n) is 5.01. The first-order valence-corrected chi connectivity index (χ1v) is 8.70. The van der Waals surface area contributed by atoms with Gasteiger partial charge in [0.1, 0.15) is 5.69 Å². The van der Waals surface area contributed by atoms with Gasteiger partial charge in [-0.2, -0.15) is 0 Å². The number of benzene rings is 1. The van der Waals surface area contributed by atoms with Crippen molar-refractivity contribution in [1.82, 2.24) is 19.7 Å².